The van der Waals surface area contributed by atoms with Gasteiger partial charge in [0.15, 0.2) is 0 Å². The van der Waals surface area contributed by atoms with Gasteiger partial charge in [-0.2, -0.15) is 0 Å². The van der Waals surface area contributed by atoms with Crippen LogP contribution in [0.3, 0.4) is 0 Å². The molecule has 1 amide bonds. The Morgan fingerprint density at radius 2 is 1.62 bits per heavy atom. The Labute approximate surface area is 233 Å². The van der Waals surface area contributed by atoms with Gasteiger partial charge in [-0.05, 0) is 80.0 Å². The molecule has 9 heteroatoms. The number of piperidine rings is 1. The minimum atomic E-state index is -3.30. The van der Waals surface area contributed by atoms with Gasteiger partial charge in [0.05, 0.1) is 6.26 Å². The molecule has 0 spiro atoms. The van der Waals surface area contributed by atoms with Crippen LogP contribution in [0.1, 0.15) is 57.4 Å². The molecule has 2 saturated heterocycles. The molecule has 39 heavy (non-hydrogen) atoms. The molecule has 0 bridgehead atoms. The SMILES string of the molecule is CCCCN(C(=O)CC1CCOCC1)C1CCN(Cc2ccc(Oc3ccc(NS(C)(=O)=O)cc3)cc2)CC1. The molecule has 2 aliphatic rings. The van der Waals surface area contributed by atoms with E-state index in [0.29, 0.717) is 35.7 Å². The van der Waals surface area contributed by atoms with E-state index in [1.807, 2.05) is 12.1 Å². The molecule has 2 aromatic rings. The summed E-state index contributed by atoms with van der Waals surface area (Å²) in [6, 6.07) is 15.3. The first-order valence-electron chi connectivity index (χ1n) is 14.2. The fourth-order valence-corrected chi connectivity index (χ4v) is 5.97. The summed E-state index contributed by atoms with van der Waals surface area (Å²) in [5.74, 6) is 2.18. The summed E-state index contributed by atoms with van der Waals surface area (Å²) in [6.07, 6.45) is 8.02. The predicted molar refractivity (Wildman–Crippen MR) is 155 cm³/mol. The second-order valence-electron chi connectivity index (χ2n) is 10.9. The van der Waals surface area contributed by atoms with Crippen LogP contribution in [0.4, 0.5) is 5.69 Å². The number of benzene rings is 2. The number of anilines is 1. The number of unbranched alkanes of at least 4 members (excludes halogenated alkanes) is 1. The Morgan fingerprint density at radius 1 is 1.00 bits per heavy atom. The third kappa shape index (κ3) is 9.51. The number of hydrogen-bond donors (Lipinski definition) is 1. The van der Waals surface area contributed by atoms with Crippen molar-refractivity contribution in [3.05, 3.63) is 54.1 Å². The molecule has 0 aliphatic carbocycles. The van der Waals surface area contributed by atoms with Crippen molar-refractivity contribution in [3.8, 4) is 11.5 Å². The smallest absolute Gasteiger partial charge is 0.229 e. The molecule has 214 valence electrons. The minimum Gasteiger partial charge on any atom is -0.457 e. The first-order valence-corrected chi connectivity index (χ1v) is 16.1. The number of nitrogens with one attached hydrogen (secondary N) is 1. The third-order valence-corrected chi connectivity index (χ3v) is 8.20. The second kappa shape index (κ2) is 14.1. The van der Waals surface area contributed by atoms with Crippen LogP contribution in [0.25, 0.3) is 0 Å². The number of carbonyl (C=O) groups is 1. The van der Waals surface area contributed by atoms with E-state index in [2.05, 4.69) is 33.6 Å². The van der Waals surface area contributed by atoms with Crippen LogP contribution < -0.4 is 9.46 Å². The summed E-state index contributed by atoms with van der Waals surface area (Å²) in [5.41, 5.74) is 1.73. The number of rotatable bonds is 12. The fraction of sp³-hybridized carbons (Fsp3) is 0.567. The third-order valence-electron chi connectivity index (χ3n) is 7.60. The number of ether oxygens (including phenoxy) is 2. The zero-order chi connectivity index (χ0) is 27.7. The monoisotopic (exact) mass is 557 g/mol. The van der Waals surface area contributed by atoms with Crippen molar-refractivity contribution < 1.29 is 22.7 Å². The molecule has 0 radical (unpaired) electrons. The van der Waals surface area contributed by atoms with Crippen molar-refractivity contribution in [1.29, 1.82) is 0 Å². The topological polar surface area (TPSA) is 88.2 Å². The van der Waals surface area contributed by atoms with Gasteiger partial charge in [0.25, 0.3) is 0 Å². The molecule has 1 N–H and O–H groups in total. The maximum Gasteiger partial charge on any atom is 0.229 e. The number of amides is 1. The van der Waals surface area contributed by atoms with Crippen LogP contribution in [-0.2, 0) is 26.1 Å². The molecule has 4 rings (SSSR count). The highest BCUT2D eigenvalue weighted by Crippen LogP contribution is 2.26. The van der Waals surface area contributed by atoms with Crippen LogP contribution in [-0.4, -0.2) is 69.3 Å². The number of carbonyl (C=O) groups excluding carboxylic acids is 1. The lowest BCUT2D eigenvalue weighted by Crippen LogP contribution is -2.48. The molecular formula is C30H43N3O5S. The predicted octanol–water partition coefficient (Wildman–Crippen LogP) is 5.26. The Bertz CT molecular complexity index is 1140. The van der Waals surface area contributed by atoms with Crippen molar-refractivity contribution in [3.63, 3.8) is 0 Å². The maximum absolute atomic E-state index is 13.3. The van der Waals surface area contributed by atoms with Crippen molar-refractivity contribution >= 4 is 21.6 Å². The summed E-state index contributed by atoms with van der Waals surface area (Å²) in [5, 5.41) is 0. The van der Waals surface area contributed by atoms with E-state index in [-0.39, 0.29) is 0 Å². The minimum absolute atomic E-state index is 0.339. The van der Waals surface area contributed by atoms with Crippen molar-refractivity contribution in [2.75, 3.05) is 43.8 Å². The number of likely N-dealkylation sites (tertiary alicyclic amines) is 1. The standard InChI is InChI=1S/C30H43N3O5S/c1-3-4-17-33(30(34)22-24-15-20-37-21-16-24)27-13-18-32(19-14-27)23-25-5-9-28(10-6-25)38-29-11-7-26(8-12-29)31-39(2,35)36/h5-12,24,27,31H,3-4,13-23H2,1-2H3. The van der Waals surface area contributed by atoms with E-state index >= 15 is 0 Å². The Kier molecular flexibility index (Phi) is 10.6. The summed E-state index contributed by atoms with van der Waals surface area (Å²) in [6.45, 7) is 7.50. The molecule has 2 heterocycles. The van der Waals surface area contributed by atoms with Crippen molar-refractivity contribution in [1.82, 2.24) is 9.80 Å². The van der Waals surface area contributed by atoms with Gasteiger partial charge in [0, 0.05) is 57.5 Å². The van der Waals surface area contributed by atoms with Crippen LogP contribution in [0.2, 0.25) is 0 Å². The maximum atomic E-state index is 13.3. The van der Waals surface area contributed by atoms with E-state index in [1.165, 1.54) is 5.56 Å². The lowest BCUT2D eigenvalue weighted by Gasteiger charge is -2.39. The highest BCUT2D eigenvalue weighted by atomic mass is 32.2. The molecule has 0 saturated carbocycles. The van der Waals surface area contributed by atoms with Crippen LogP contribution in [0, 0.1) is 5.92 Å². The zero-order valence-electron chi connectivity index (χ0n) is 23.3. The lowest BCUT2D eigenvalue weighted by atomic mass is 9.94. The van der Waals surface area contributed by atoms with Gasteiger partial charge in [-0.15, -0.1) is 0 Å². The number of sulfonamides is 1. The molecule has 0 unspecified atom stereocenters. The van der Waals surface area contributed by atoms with Gasteiger partial charge in [0.1, 0.15) is 11.5 Å². The fourth-order valence-electron chi connectivity index (χ4n) is 5.41. The first kappa shape index (κ1) is 29.4. The number of hydrogen-bond acceptors (Lipinski definition) is 6. The van der Waals surface area contributed by atoms with Crippen molar-refractivity contribution in [2.45, 2.75) is 64.5 Å². The molecule has 8 nitrogen and oxygen atoms in total. The highest BCUT2D eigenvalue weighted by molar-refractivity contribution is 7.92. The normalized spacial score (nSPS) is 17.6. The van der Waals surface area contributed by atoms with Crippen LogP contribution in [0.5, 0.6) is 11.5 Å². The molecule has 0 atom stereocenters. The van der Waals surface area contributed by atoms with Gasteiger partial charge < -0.3 is 14.4 Å². The van der Waals surface area contributed by atoms with E-state index in [0.717, 1.165) is 89.9 Å². The largest absolute Gasteiger partial charge is 0.457 e. The molecule has 0 aromatic heterocycles. The van der Waals surface area contributed by atoms with Crippen LogP contribution >= 0.6 is 0 Å². The number of nitrogens with zero attached hydrogens (tertiary/aromatic N) is 2. The lowest BCUT2D eigenvalue weighted by molar-refractivity contribution is -0.136. The van der Waals surface area contributed by atoms with E-state index in [4.69, 9.17) is 9.47 Å². The summed E-state index contributed by atoms with van der Waals surface area (Å²) in [7, 11) is -3.30. The Balaban J connectivity index is 1.25. The molecule has 2 fully saturated rings. The van der Waals surface area contributed by atoms with E-state index in [1.54, 1.807) is 24.3 Å². The average Bonchev–Trinajstić information content (AvgIpc) is 2.92. The average molecular weight is 558 g/mol. The summed E-state index contributed by atoms with van der Waals surface area (Å²) >= 11 is 0. The Hall–Kier alpha value is -2.62. The van der Waals surface area contributed by atoms with Gasteiger partial charge >= 0.3 is 0 Å². The van der Waals surface area contributed by atoms with E-state index in [9.17, 15) is 13.2 Å². The van der Waals surface area contributed by atoms with Gasteiger partial charge in [-0.25, -0.2) is 8.42 Å². The van der Waals surface area contributed by atoms with E-state index < -0.39 is 10.0 Å². The van der Waals surface area contributed by atoms with Gasteiger partial charge in [-0.3, -0.25) is 14.4 Å². The van der Waals surface area contributed by atoms with Gasteiger partial charge in [-0.1, -0.05) is 25.5 Å². The van der Waals surface area contributed by atoms with Gasteiger partial charge in [0.2, 0.25) is 15.9 Å². The zero-order valence-corrected chi connectivity index (χ0v) is 24.1. The highest BCUT2D eigenvalue weighted by Gasteiger charge is 2.29. The quantitative estimate of drug-likeness (QED) is 0.383. The molecule has 2 aliphatic heterocycles. The summed E-state index contributed by atoms with van der Waals surface area (Å²) in [4.78, 5) is 17.9. The first-order chi connectivity index (χ1) is 18.8. The molecular weight excluding hydrogens is 514 g/mol. The molecule has 2 aromatic carbocycles. The van der Waals surface area contributed by atoms with Crippen LogP contribution in [0.15, 0.2) is 48.5 Å². The van der Waals surface area contributed by atoms with Crippen molar-refractivity contribution in [2.24, 2.45) is 5.92 Å². The second-order valence-corrected chi connectivity index (χ2v) is 12.6. The summed E-state index contributed by atoms with van der Waals surface area (Å²) < 4.78 is 36.6. The Morgan fingerprint density at radius 3 is 2.21 bits per heavy atom.